The Bertz CT molecular complexity index is 720. The van der Waals surface area contributed by atoms with Gasteiger partial charge >= 0.3 is 0 Å². The smallest absolute Gasteiger partial charge is 0.262 e. The molecule has 23 heavy (non-hydrogen) atoms. The number of hydrogen-bond acceptors (Lipinski definition) is 3. The van der Waals surface area contributed by atoms with E-state index in [4.69, 9.17) is 16.3 Å². The Morgan fingerprint density at radius 3 is 2.26 bits per heavy atom. The van der Waals surface area contributed by atoms with Crippen molar-refractivity contribution in [2.75, 3.05) is 17.2 Å². The van der Waals surface area contributed by atoms with Gasteiger partial charge in [-0.05, 0) is 42.5 Å². The summed E-state index contributed by atoms with van der Waals surface area (Å²) in [5.41, 5.74) is 1.18. The number of benzene rings is 2. The lowest BCUT2D eigenvalue weighted by Gasteiger charge is -2.09. The maximum Gasteiger partial charge on any atom is 0.262 e. The molecule has 0 fully saturated rings. The Morgan fingerprint density at radius 2 is 1.70 bits per heavy atom. The van der Waals surface area contributed by atoms with Crippen LogP contribution in [0.25, 0.3) is 0 Å². The molecule has 0 aliphatic rings. The maximum atomic E-state index is 12.9. The third kappa shape index (κ3) is 5.27. The summed E-state index contributed by atoms with van der Waals surface area (Å²) in [6.45, 7) is 1.15. The van der Waals surface area contributed by atoms with Crippen LogP contribution in [0, 0.1) is 5.82 Å². The van der Waals surface area contributed by atoms with E-state index >= 15 is 0 Å². The second-order valence-corrected chi connectivity index (χ2v) is 5.08. The molecule has 0 bridgehead atoms. The van der Waals surface area contributed by atoms with Crippen LogP contribution in [0.3, 0.4) is 0 Å². The molecule has 0 saturated heterocycles. The Kier molecular flexibility index (Phi) is 5.54. The molecule has 0 aliphatic heterocycles. The minimum atomic E-state index is -0.480. The molecule has 0 heterocycles. The Labute approximate surface area is 137 Å². The molecule has 0 radical (unpaired) electrons. The number of hydrogen-bond donors (Lipinski definition) is 2. The van der Waals surface area contributed by atoms with Gasteiger partial charge in [0.1, 0.15) is 11.6 Å². The fraction of sp³-hybridized carbons (Fsp3) is 0.125. The third-order valence-corrected chi connectivity index (χ3v) is 3.04. The zero-order valence-electron chi connectivity index (χ0n) is 12.2. The lowest BCUT2D eigenvalue weighted by molar-refractivity contribution is -0.118. The van der Waals surface area contributed by atoms with Gasteiger partial charge in [-0.3, -0.25) is 9.59 Å². The summed E-state index contributed by atoms with van der Waals surface area (Å²) < 4.78 is 18.1. The molecule has 2 aromatic carbocycles. The van der Waals surface area contributed by atoms with Crippen LogP contribution in [-0.4, -0.2) is 18.4 Å². The van der Waals surface area contributed by atoms with Crippen molar-refractivity contribution in [2.45, 2.75) is 6.92 Å². The number of amides is 2. The number of ether oxygens (including phenoxy) is 1. The summed E-state index contributed by atoms with van der Waals surface area (Å²) in [5.74, 6) is -0.820. The van der Waals surface area contributed by atoms with Crippen LogP contribution in [0.5, 0.6) is 5.75 Å². The van der Waals surface area contributed by atoms with E-state index in [1.807, 2.05) is 0 Å². The molecule has 2 amide bonds. The van der Waals surface area contributed by atoms with E-state index in [0.717, 1.165) is 6.07 Å². The standard InChI is InChI=1S/C16H14ClFN2O3/c1-10(21)19-12-3-5-13(6-4-12)20-16(22)9-23-15-7-2-11(18)8-14(15)17/h2-8H,9H2,1H3,(H,19,21)(H,20,22). The van der Waals surface area contributed by atoms with Crippen LogP contribution >= 0.6 is 11.6 Å². The van der Waals surface area contributed by atoms with Gasteiger partial charge in [0.2, 0.25) is 5.91 Å². The molecule has 0 aromatic heterocycles. The van der Waals surface area contributed by atoms with E-state index in [2.05, 4.69) is 10.6 Å². The molecule has 0 spiro atoms. The van der Waals surface area contributed by atoms with Crippen molar-refractivity contribution in [3.8, 4) is 5.75 Å². The predicted octanol–water partition coefficient (Wildman–Crippen LogP) is 3.46. The summed E-state index contributed by atoms with van der Waals surface area (Å²) in [6.07, 6.45) is 0. The highest BCUT2D eigenvalue weighted by Gasteiger charge is 2.07. The van der Waals surface area contributed by atoms with Gasteiger partial charge in [0.05, 0.1) is 5.02 Å². The summed E-state index contributed by atoms with van der Waals surface area (Å²) in [7, 11) is 0. The average molecular weight is 337 g/mol. The van der Waals surface area contributed by atoms with E-state index in [9.17, 15) is 14.0 Å². The number of carbonyl (C=O) groups is 2. The first-order valence-electron chi connectivity index (χ1n) is 6.69. The van der Waals surface area contributed by atoms with Gasteiger partial charge in [0.25, 0.3) is 5.91 Å². The molecule has 2 N–H and O–H groups in total. The minimum absolute atomic E-state index is 0.0949. The zero-order chi connectivity index (χ0) is 16.8. The van der Waals surface area contributed by atoms with Crippen molar-refractivity contribution in [1.29, 1.82) is 0 Å². The molecule has 5 nitrogen and oxygen atoms in total. The molecule has 0 saturated carbocycles. The molecule has 0 atom stereocenters. The number of halogens is 2. The monoisotopic (exact) mass is 336 g/mol. The fourth-order valence-electron chi connectivity index (χ4n) is 1.77. The van der Waals surface area contributed by atoms with Gasteiger partial charge in [-0.2, -0.15) is 0 Å². The normalized spacial score (nSPS) is 10.0. The highest BCUT2D eigenvalue weighted by molar-refractivity contribution is 6.32. The number of nitrogens with one attached hydrogen (secondary N) is 2. The number of rotatable bonds is 5. The van der Waals surface area contributed by atoms with Crippen molar-refractivity contribution >= 4 is 34.8 Å². The Morgan fingerprint density at radius 1 is 1.09 bits per heavy atom. The molecule has 2 aromatic rings. The van der Waals surface area contributed by atoms with Crippen LogP contribution in [0.2, 0.25) is 5.02 Å². The van der Waals surface area contributed by atoms with Gasteiger partial charge in [0, 0.05) is 18.3 Å². The lowest BCUT2D eigenvalue weighted by atomic mass is 10.2. The lowest BCUT2D eigenvalue weighted by Crippen LogP contribution is -2.20. The van der Waals surface area contributed by atoms with Gasteiger partial charge in [-0.1, -0.05) is 11.6 Å². The summed E-state index contributed by atoms with van der Waals surface area (Å²) in [4.78, 5) is 22.7. The summed E-state index contributed by atoms with van der Waals surface area (Å²) >= 11 is 5.80. The number of anilines is 2. The Hall–Kier alpha value is -2.60. The van der Waals surface area contributed by atoms with Crippen LogP contribution in [0.1, 0.15) is 6.92 Å². The maximum absolute atomic E-state index is 12.9. The van der Waals surface area contributed by atoms with Gasteiger partial charge in [0.15, 0.2) is 6.61 Å². The van der Waals surface area contributed by atoms with E-state index < -0.39 is 11.7 Å². The second kappa shape index (κ2) is 7.60. The molecule has 120 valence electrons. The first-order chi connectivity index (χ1) is 10.9. The zero-order valence-corrected chi connectivity index (χ0v) is 13.0. The fourth-order valence-corrected chi connectivity index (χ4v) is 1.99. The first-order valence-corrected chi connectivity index (χ1v) is 7.07. The van der Waals surface area contributed by atoms with Crippen molar-refractivity contribution in [3.63, 3.8) is 0 Å². The molecule has 7 heteroatoms. The van der Waals surface area contributed by atoms with E-state index in [-0.39, 0.29) is 23.3 Å². The van der Waals surface area contributed by atoms with Gasteiger partial charge < -0.3 is 15.4 Å². The van der Waals surface area contributed by atoms with E-state index in [0.29, 0.717) is 11.4 Å². The SMILES string of the molecule is CC(=O)Nc1ccc(NC(=O)COc2ccc(F)cc2Cl)cc1. The van der Waals surface area contributed by atoms with E-state index in [1.54, 1.807) is 24.3 Å². The van der Waals surface area contributed by atoms with Crippen molar-refractivity contribution in [1.82, 2.24) is 0 Å². The minimum Gasteiger partial charge on any atom is -0.482 e. The topological polar surface area (TPSA) is 67.4 Å². The van der Waals surface area contributed by atoms with Crippen LogP contribution in [0.15, 0.2) is 42.5 Å². The summed E-state index contributed by atoms with van der Waals surface area (Å²) in [5, 5.41) is 5.35. The van der Waals surface area contributed by atoms with Crippen LogP contribution in [-0.2, 0) is 9.59 Å². The molecule has 0 unspecified atom stereocenters. The Balaban J connectivity index is 1.88. The number of carbonyl (C=O) groups excluding carboxylic acids is 2. The molecular formula is C16H14ClFN2O3. The van der Waals surface area contributed by atoms with Crippen molar-refractivity contribution < 1.29 is 18.7 Å². The quantitative estimate of drug-likeness (QED) is 0.878. The second-order valence-electron chi connectivity index (χ2n) is 4.67. The van der Waals surface area contributed by atoms with Crippen LogP contribution in [0.4, 0.5) is 15.8 Å². The third-order valence-electron chi connectivity index (χ3n) is 2.74. The van der Waals surface area contributed by atoms with Crippen molar-refractivity contribution in [2.24, 2.45) is 0 Å². The largest absolute Gasteiger partial charge is 0.482 e. The van der Waals surface area contributed by atoms with Gasteiger partial charge in [-0.15, -0.1) is 0 Å². The average Bonchev–Trinajstić information content (AvgIpc) is 2.48. The molecule has 0 aliphatic carbocycles. The first kappa shape index (κ1) is 16.8. The van der Waals surface area contributed by atoms with Crippen molar-refractivity contribution in [3.05, 3.63) is 53.3 Å². The van der Waals surface area contributed by atoms with Gasteiger partial charge in [-0.25, -0.2) is 4.39 Å². The van der Waals surface area contributed by atoms with E-state index in [1.165, 1.54) is 19.1 Å². The highest BCUT2D eigenvalue weighted by atomic mass is 35.5. The molecule has 2 rings (SSSR count). The van der Waals surface area contributed by atoms with Crippen LogP contribution < -0.4 is 15.4 Å². The molecular weight excluding hydrogens is 323 g/mol. The highest BCUT2D eigenvalue weighted by Crippen LogP contribution is 2.24. The summed E-state index contributed by atoms with van der Waals surface area (Å²) in [6, 6.07) is 10.3. The predicted molar refractivity (Wildman–Crippen MR) is 86.3 cm³/mol.